The number of hydrogen-bond donors (Lipinski definition) is 0. The second-order valence-electron chi connectivity index (χ2n) is 9.72. The summed E-state index contributed by atoms with van der Waals surface area (Å²) in [6, 6.07) is 8.64. The Morgan fingerprint density at radius 3 is 2.04 bits per heavy atom. The molecule has 1 aromatic rings. The van der Waals surface area contributed by atoms with E-state index >= 15 is 0 Å². The Kier molecular flexibility index (Phi) is 4.68. The molecule has 0 aromatic heterocycles. The first-order chi connectivity index (χ1) is 13.1. The van der Waals surface area contributed by atoms with Crippen molar-refractivity contribution in [2.75, 3.05) is 13.7 Å². The van der Waals surface area contributed by atoms with Gasteiger partial charge in [-0.3, -0.25) is 4.79 Å². The largest absolute Gasteiger partial charge is 0.494 e. The summed E-state index contributed by atoms with van der Waals surface area (Å²) in [6.07, 6.45) is 4.25. The van der Waals surface area contributed by atoms with E-state index in [0.29, 0.717) is 13.0 Å². The summed E-state index contributed by atoms with van der Waals surface area (Å²) in [5.74, 6) is -0.179. The lowest BCUT2D eigenvalue weighted by molar-refractivity contribution is -0.176. The van der Waals surface area contributed by atoms with Gasteiger partial charge in [0.15, 0.2) is 0 Å². The highest BCUT2D eigenvalue weighted by molar-refractivity contribution is 6.62. The Morgan fingerprint density at radius 2 is 1.57 bits per heavy atom. The van der Waals surface area contributed by atoms with Crippen molar-refractivity contribution in [3.63, 3.8) is 0 Å². The molecule has 1 aliphatic carbocycles. The van der Waals surface area contributed by atoms with Crippen molar-refractivity contribution in [2.24, 2.45) is 0 Å². The van der Waals surface area contributed by atoms with Crippen molar-refractivity contribution in [2.45, 2.75) is 82.0 Å². The van der Waals surface area contributed by atoms with Crippen molar-refractivity contribution in [3.05, 3.63) is 29.8 Å². The molecular formula is C22H31BO5. The standard InChI is InChI=1S/C22H31BO5/c1-19(2)20(3,4)28-23(27-19)17-8-6-16(7-9-17)21-10-12-22(13-11-21,26-15-21)14-18(24)25-5/h6-9H,10-15H2,1-5H3. The zero-order valence-corrected chi connectivity index (χ0v) is 17.7. The number of rotatable bonds is 4. The zero-order chi connectivity index (χ0) is 20.2. The highest BCUT2D eigenvalue weighted by Gasteiger charge is 2.53. The van der Waals surface area contributed by atoms with E-state index in [1.807, 2.05) is 0 Å². The third-order valence-corrected chi connectivity index (χ3v) is 7.52. The molecule has 5 rings (SSSR count). The average molecular weight is 386 g/mol. The monoisotopic (exact) mass is 386 g/mol. The molecule has 0 amide bonds. The molecule has 3 aliphatic heterocycles. The number of hydrogen-bond acceptors (Lipinski definition) is 5. The predicted octanol–water partition coefficient (Wildman–Crippen LogP) is 3.13. The van der Waals surface area contributed by atoms with E-state index in [4.69, 9.17) is 18.8 Å². The minimum absolute atomic E-state index is 0.0479. The second kappa shape index (κ2) is 6.58. The third kappa shape index (κ3) is 3.19. The molecule has 4 aliphatic rings. The van der Waals surface area contributed by atoms with Gasteiger partial charge in [0.1, 0.15) is 0 Å². The zero-order valence-electron chi connectivity index (χ0n) is 17.7. The Bertz CT molecular complexity index is 714. The van der Waals surface area contributed by atoms with Gasteiger partial charge >= 0.3 is 13.1 Å². The summed E-state index contributed by atoms with van der Waals surface area (Å²) in [5.41, 5.74) is 1.41. The van der Waals surface area contributed by atoms with Crippen LogP contribution in [0.15, 0.2) is 24.3 Å². The van der Waals surface area contributed by atoms with Gasteiger partial charge in [0, 0.05) is 5.41 Å². The molecule has 1 saturated carbocycles. The van der Waals surface area contributed by atoms with E-state index in [1.54, 1.807) is 0 Å². The highest BCUT2D eigenvalue weighted by atomic mass is 16.7. The molecule has 0 N–H and O–H groups in total. The molecule has 3 saturated heterocycles. The molecule has 5 nitrogen and oxygen atoms in total. The molecule has 152 valence electrons. The van der Waals surface area contributed by atoms with Gasteiger partial charge in [-0.05, 0) is 64.4 Å². The quantitative estimate of drug-likeness (QED) is 0.588. The fraction of sp³-hybridized carbons (Fsp3) is 0.682. The summed E-state index contributed by atoms with van der Waals surface area (Å²) in [4.78, 5) is 11.7. The third-order valence-electron chi connectivity index (χ3n) is 7.52. The minimum atomic E-state index is -0.335. The number of ether oxygens (including phenoxy) is 2. The maximum absolute atomic E-state index is 11.7. The van der Waals surface area contributed by atoms with Crippen LogP contribution in [0.5, 0.6) is 0 Å². The van der Waals surface area contributed by atoms with Crippen LogP contribution in [-0.4, -0.2) is 43.6 Å². The molecule has 2 bridgehead atoms. The van der Waals surface area contributed by atoms with Crippen LogP contribution >= 0.6 is 0 Å². The van der Waals surface area contributed by atoms with Crippen molar-refractivity contribution in [1.29, 1.82) is 0 Å². The Morgan fingerprint density at radius 1 is 1.00 bits per heavy atom. The molecule has 3 heterocycles. The number of fused-ring (bicyclic) bond motifs is 3. The predicted molar refractivity (Wildman–Crippen MR) is 108 cm³/mol. The summed E-state index contributed by atoms with van der Waals surface area (Å²) in [6.45, 7) is 8.95. The topological polar surface area (TPSA) is 54.0 Å². The van der Waals surface area contributed by atoms with Gasteiger partial charge in [0.25, 0.3) is 0 Å². The van der Waals surface area contributed by atoms with E-state index in [2.05, 4.69) is 52.0 Å². The van der Waals surface area contributed by atoms with E-state index in [9.17, 15) is 4.79 Å². The van der Waals surface area contributed by atoms with Crippen LogP contribution in [0.4, 0.5) is 0 Å². The van der Waals surface area contributed by atoms with Crippen LogP contribution < -0.4 is 5.46 Å². The number of carbonyl (C=O) groups excluding carboxylic acids is 1. The normalized spacial score (nSPS) is 33.1. The number of methoxy groups -OCH3 is 1. The first kappa shape index (κ1) is 19.9. The SMILES string of the molecule is COC(=O)CC12CCC(c3ccc(B4OC(C)(C)C(C)(C)O4)cc3)(CC1)CO2. The summed E-state index contributed by atoms with van der Waals surface area (Å²) >= 11 is 0. The summed E-state index contributed by atoms with van der Waals surface area (Å²) in [5, 5.41) is 0. The molecule has 0 spiro atoms. The van der Waals surface area contributed by atoms with E-state index in [1.165, 1.54) is 12.7 Å². The molecule has 0 unspecified atom stereocenters. The van der Waals surface area contributed by atoms with Gasteiger partial charge in [-0.2, -0.15) is 0 Å². The van der Waals surface area contributed by atoms with Crippen LogP contribution in [0, 0.1) is 0 Å². The Balaban J connectivity index is 1.47. The van der Waals surface area contributed by atoms with Crippen molar-refractivity contribution < 1.29 is 23.6 Å². The van der Waals surface area contributed by atoms with Crippen molar-refractivity contribution in [3.8, 4) is 0 Å². The van der Waals surface area contributed by atoms with Gasteiger partial charge in [-0.25, -0.2) is 0 Å². The second-order valence-corrected chi connectivity index (χ2v) is 9.72. The van der Waals surface area contributed by atoms with Crippen molar-refractivity contribution >= 4 is 18.6 Å². The lowest BCUT2D eigenvalue weighted by Gasteiger charge is -2.53. The first-order valence-electron chi connectivity index (χ1n) is 10.3. The van der Waals surface area contributed by atoms with Gasteiger partial charge in [0.2, 0.25) is 0 Å². The Hall–Kier alpha value is -1.37. The van der Waals surface area contributed by atoms with Gasteiger partial charge in [-0.1, -0.05) is 24.3 Å². The van der Waals surface area contributed by atoms with Gasteiger partial charge < -0.3 is 18.8 Å². The fourth-order valence-electron chi connectivity index (χ4n) is 4.67. The van der Waals surface area contributed by atoms with Crippen molar-refractivity contribution in [1.82, 2.24) is 0 Å². The van der Waals surface area contributed by atoms with E-state index < -0.39 is 0 Å². The van der Waals surface area contributed by atoms with Crippen LogP contribution in [0.25, 0.3) is 0 Å². The van der Waals surface area contributed by atoms with Crippen LogP contribution in [0.1, 0.15) is 65.4 Å². The lowest BCUT2D eigenvalue weighted by Crippen LogP contribution is -2.54. The first-order valence-corrected chi connectivity index (χ1v) is 10.3. The summed E-state index contributed by atoms with van der Waals surface area (Å²) in [7, 11) is 1.11. The maximum atomic E-state index is 11.7. The molecule has 4 fully saturated rings. The van der Waals surface area contributed by atoms with Gasteiger partial charge in [-0.15, -0.1) is 0 Å². The number of carbonyl (C=O) groups is 1. The number of benzene rings is 1. The minimum Gasteiger partial charge on any atom is -0.469 e. The molecule has 0 radical (unpaired) electrons. The molecule has 6 heteroatoms. The lowest BCUT2D eigenvalue weighted by atomic mass is 9.62. The van der Waals surface area contributed by atoms with Crippen LogP contribution in [0.2, 0.25) is 0 Å². The van der Waals surface area contributed by atoms with Crippen LogP contribution in [-0.2, 0) is 29.0 Å². The molecule has 1 aromatic carbocycles. The summed E-state index contributed by atoms with van der Waals surface area (Å²) < 4.78 is 23.4. The highest BCUT2D eigenvalue weighted by Crippen LogP contribution is 2.51. The number of esters is 1. The van der Waals surface area contributed by atoms with Crippen LogP contribution in [0.3, 0.4) is 0 Å². The molecule has 28 heavy (non-hydrogen) atoms. The van der Waals surface area contributed by atoms with E-state index in [-0.39, 0.29) is 35.3 Å². The fourth-order valence-corrected chi connectivity index (χ4v) is 4.67. The van der Waals surface area contributed by atoms with E-state index in [0.717, 1.165) is 31.1 Å². The van der Waals surface area contributed by atoms with Gasteiger partial charge in [0.05, 0.1) is 36.9 Å². The average Bonchev–Trinajstić information content (AvgIpc) is 2.90. The maximum Gasteiger partial charge on any atom is 0.494 e. The molecular weight excluding hydrogens is 355 g/mol. The smallest absolute Gasteiger partial charge is 0.469 e. The Labute approximate surface area is 168 Å². The molecule has 0 atom stereocenters.